The van der Waals surface area contributed by atoms with Crippen molar-refractivity contribution in [2.45, 2.75) is 38.0 Å². The Hall–Kier alpha value is -0.120. The molecule has 2 saturated heterocycles. The van der Waals surface area contributed by atoms with Crippen molar-refractivity contribution in [2.75, 3.05) is 26.8 Å². The normalized spacial score (nSPS) is 31.6. The van der Waals surface area contributed by atoms with E-state index in [1.807, 2.05) is 0 Å². The molecule has 0 spiro atoms. The van der Waals surface area contributed by atoms with E-state index in [1.165, 1.54) is 25.8 Å². The third-order valence-corrected chi connectivity index (χ3v) is 3.10. The van der Waals surface area contributed by atoms with E-state index in [0.29, 0.717) is 0 Å². The highest BCUT2D eigenvalue weighted by Gasteiger charge is 2.23. The molecule has 0 radical (unpaired) electrons. The summed E-state index contributed by atoms with van der Waals surface area (Å²) in [6, 6.07) is 0.771. The van der Waals surface area contributed by atoms with E-state index in [1.54, 1.807) is 0 Å². The Kier molecular flexibility index (Phi) is 3.19. The van der Waals surface area contributed by atoms with Crippen LogP contribution < -0.4 is 0 Å². The molecule has 0 aliphatic carbocycles. The van der Waals surface area contributed by atoms with Gasteiger partial charge in [-0.05, 0) is 39.3 Å². The summed E-state index contributed by atoms with van der Waals surface area (Å²) >= 11 is 0. The number of hydrogen-bond donors (Lipinski definition) is 0. The molecular weight excluding hydrogens is 166 g/mol. The molecule has 0 bridgehead atoms. The maximum absolute atomic E-state index is 5.41. The molecule has 0 amide bonds. The molecule has 3 nitrogen and oxygen atoms in total. The van der Waals surface area contributed by atoms with Crippen LogP contribution in [0.15, 0.2) is 0 Å². The van der Waals surface area contributed by atoms with Crippen LogP contribution >= 0.6 is 0 Å². The van der Waals surface area contributed by atoms with Crippen LogP contribution in [0.25, 0.3) is 0 Å². The second-order valence-corrected chi connectivity index (χ2v) is 4.03. The summed E-state index contributed by atoms with van der Waals surface area (Å²) in [6.45, 7) is 2.83. The molecule has 0 aromatic rings. The molecule has 13 heavy (non-hydrogen) atoms. The van der Waals surface area contributed by atoms with E-state index in [9.17, 15) is 0 Å². The highest BCUT2D eigenvalue weighted by molar-refractivity contribution is 4.76. The summed E-state index contributed by atoms with van der Waals surface area (Å²) in [5.74, 6) is 0. The lowest BCUT2D eigenvalue weighted by Crippen LogP contribution is -2.26. The fraction of sp³-hybridized carbons (Fsp3) is 1.00. The van der Waals surface area contributed by atoms with Gasteiger partial charge in [-0.3, -0.25) is 0 Å². The minimum Gasteiger partial charge on any atom is -0.350 e. The van der Waals surface area contributed by atoms with Gasteiger partial charge in [0.25, 0.3) is 0 Å². The summed E-state index contributed by atoms with van der Waals surface area (Å²) in [5, 5.41) is 0. The van der Waals surface area contributed by atoms with Crippen LogP contribution in [-0.4, -0.2) is 44.0 Å². The van der Waals surface area contributed by atoms with E-state index in [0.717, 1.165) is 25.7 Å². The number of rotatable bonds is 3. The van der Waals surface area contributed by atoms with Crippen LogP contribution in [0.2, 0.25) is 0 Å². The van der Waals surface area contributed by atoms with Crippen LogP contribution in [0.4, 0.5) is 0 Å². The molecular formula is C10H19NO2. The Morgan fingerprint density at radius 1 is 1.23 bits per heavy atom. The van der Waals surface area contributed by atoms with Gasteiger partial charge in [0.05, 0.1) is 13.2 Å². The predicted octanol–water partition coefficient (Wildman–Crippen LogP) is 1.23. The van der Waals surface area contributed by atoms with Crippen LogP contribution in [0.5, 0.6) is 0 Å². The van der Waals surface area contributed by atoms with Gasteiger partial charge in [-0.1, -0.05) is 0 Å². The molecule has 0 aromatic carbocycles. The summed E-state index contributed by atoms with van der Waals surface area (Å²) in [4.78, 5) is 2.45. The van der Waals surface area contributed by atoms with Crippen LogP contribution in [-0.2, 0) is 9.47 Å². The first-order chi connectivity index (χ1) is 6.36. The van der Waals surface area contributed by atoms with Gasteiger partial charge in [0.15, 0.2) is 6.29 Å². The van der Waals surface area contributed by atoms with Crippen LogP contribution in [0.1, 0.15) is 25.7 Å². The monoisotopic (exact) mass is 185 g/mol. The first-order valence-electron chi connectivity index (χ1n) is 5.30. The van der Waals surface area contributed by atoms with E-state index >= 15 is 0 Å². The molecule has 2 heterocycles. The van der Waals surface area contributed by atoms with Crippen molar-refractivity contribution < 1.29 is 9.47 Å². The Labute approximate surface area is 80.0 Å². The van der Waals surface area contributed by atoms with E-state index in [-0.39, 0.29) is 6.29 Å². The molecule has 76 valence electrons. The van der Waals surface area contributed by atoms with Crippen molar-refractivity contribution in [3.05, 3.63) is 0 Å². The van der Waals surface area contributed by atoms with Gasteiger partial charge in [0.1, 0.15) is 0 Å². The maximum Gasteiger partial charge on any atom is 0.157 e. The smallest absolute Gasteiger partial charge is 0.157 e. The number of nitrogens with zero attached hydrogens (tertiary/aromatic N) is 1. The van der Waals surface area contributed by atoms with Crippen LogP contribution in [0.3, 0.4) is 0 Å². The van der Waals surface area contributed by atoms with Gasteiger partial charge >= 0.3 is 0 Å². The second-order valence-electron chi connectivity index (χ2n) is 4.03. The zero-order chi connectivity index (χ0) is 9.10. The van der Waals surface area contributed by atoms with E-state index in [2.05, 4.69) is 11.9 Å². The topological polar surface area (TPSA) is 21.7 Å². The summed E-state index contributed by atoms with van der Waals surface area (Å²) in [6.07, 6.45) is 5.08. The lowest BCUT2D eigenvalue weighted by atomic mass is 10.1. The minimum atomic E-state index is 0.0917. The van der Waals surface area contributed by atoms with Crippen molar-refractivity contribution in [2.24, 2.45) is 0 Å². The lowest BCUT2D eigenvalue weighted by molar-refractivity contribution is -0.0504. The molecule has 2 aliphatic heterocycles. The first-order valence-corrected chi connectivity index (χ1v) is 5.30. The fourth-order valence-corrected chi connectivity index (χ4v) is 2.25. The average Bonchev–Trinajstić information content (AvgIpc) is 2.72. The lowest BCUT2D eigenvalue weighted by Gasteiger charge is -2.20. The van der Waals surface area contributed by atoms with Crippen molar-refractivity contribution >= 4 is 0 Å². The summed E-state index contributed by atoms with van der Waals surface area (Å²) in [7, 11) is 2.22. The van der Waals surface area contributed by atoms with Gasteiger partial charge in [0, 0.05) is 6.04 Å². The molecule has 1 atom stereocenters. The third-order valence-electron chi connectivity index (χ3n) is 3.10. The van der Waals surface area contributed by atoms with Crippen molar-refractivity contribution in [1.29, 1.82) is 0 Å². The largest absolute Gasteiger partial charge is 0.350 e. The van der Waals surface area contributed by atoms with E-state index < -0.39 is 0 Å². The Morgan fingerprint density at radius 3 is 2.62 bits per heavy atom. The zero-order valence-electron chi connectivity index (χ0n) is 8.37. The molecule has 0 N–H and O–H groups in total. The van der Waals surface area contributed by atoms with Crippen molar-refractivity contribution in [3.8, 4) is 0 Å². The SMILES string of the molecule is CN1CCCC1CCC1OCCO1. The Balaban J connectivity index is 1.66. The molecule has 3 heteroatoms. The van der Waals surface area contributed by atoms with Crippen LogP contribution in [0, 0.1) is 0 Å². The summed E-state index contributed by atoms with van der Waals surface area (Å²) < 4.78 is 10.8. The molecule has 0 saturated carbocycles. The maximum atomic E-state index is 5.41. The standard InChI is InChI=1S/C10H19NO2/c1-11-6-2-3-9(11)4-5-10-12-7-8-13-10/h9-10H,2-8H2,1H3. The minimum absolute atomic E-state index is 0.0917. The fourth-order valence-electron chi connectivity index (χ4n) is 2.25. The highest BCUT2D eigenvalue weighted by atomic mass is 16.7. The molecule has 2 aliphatic rings. The third kappa shape index (κ3) is 2.42. The van der Waals surface area contributed by atoms with Gasteiger partial charge < -0.3 is 14.4 Å². The molecule has 1 unspecified atom stereocenters. The number of ether oxygens (including phenoxy) is 2. The van der Waals surface area contributed by atoms with E-state index in [4.69, 9.17) is 9.47 Å². The Morgan fingerprint density at radius 2 is 2.00 bits per heavy atom. The molecule has 2 rings (SSSR count). The van der Waals surface area contributed by atoms with Crippen molar-refractivity contribution in [3.63, 3.8) is 0 Å². The van der Waals surface area contributed by atoms with Gasteiger partial charge in [-0.25, -0.2) is 0 Å². The predicted molar refractivity (Wildman–Crippen MR) is 50.6 cm³/mol. The molecule has 0 aromatic heterocycles. The number of hydrogen-bond acceptors (Lipinski definition) is 3. The molecule has 2 fully saturated rings. The zero-order valence-corrected chi connectivity index (χ0v) is 8.37. The Bertz CT molecular complexity index is 157. The summed E-state index contributed by atoms with van der Waals surface area (Å²) in [5.41, 5.74) is 0. The van der Waals surface area contributed by atoms with Gasteiger partial charge in [-0.15, -0.1) is 0 Å². The number of likely N-dealkylation sites (tertiary alicyclic amines) is 1. The quantitative estimate of drug-likeness (QED) is 0.660. The van der Waals surface area contributed by atoms with Gasteiger partial charge in [-0.2, -0.15) is 0 Å². The van der Waals surface area contributed by atoms with Gasteiger partial charge in [0.2, 0.25) is 0 Å². The highest BCUT2D eigenvalue weighted by Crippen LogP contribution is 2.21. The van der Waals surface area contributed by atoms with Crippen molar-refractivity contribution in [1.82, 2.24) is 4.90 Å². The first kappa shape index (κ1) is 9.44. The average molecular weight is 185 g/mol. The second kappa shape index (κ2) is 4.40.